The maximum Gasteiger partial charge on any atom is 0.220 e. The quantitative estimate of drug-likeness (QED) is 0.876. The second-order valence-corrected chi connectivity index (χ2v) is 4.82. The molecule has 3 rings (SSSR count). The van der Waals surface area contributed by atoms with Gasteiger partial charge >= 0.3 is 0 Å². The normalized spacial score (nSPS) is 23.3. The van der Waals surface area contributed by atoms with Crippen molar-refractivity contribution in [2.45, 2.75) is 31.7 Å². The highest BCUT2D eigenvalue weighted by molar-refractivity contribution is 5.85. The van der Waals surface area contributed by atoms with Crippen molar-refractivity contribution in [2.75, 3.05) is 0 Å². The van der Waals surface area contributed by atoms with Crippen molar-refractivity contribution in [3.8, 4) is 0 Å². The standard InChI is InChI=1S/C15H16N2O/c1-2-13-12(9-14(18)17-13)11-7-3-5-10-6-4-8-16-15(10)11/h3-8,12-13H,2,9H2,1H3,(H,17,18). The van der Waals surface area contributed by atoms with E-state index in [4.69, 9.17) is 0 Å². The third-order valence-electron chi connectivity index (χ3n) is 3.74. The Balaban J connectivity index is 2.11. The van der Waals surface area contributed by atoms with E-state index in [9.17, 15) is 4.79 Å². The molecule has 3 heteroatoms. The van der Waals surface area contributed by atoms with Crippen molar-refractivity contribution >= 4 is 16.8 Å². The highest BCUT2D eigenvalue weighted by Gasteiger charge is 2.33. The minimum Gasteiger partial charge on any atom is -0.353 e. The van der Waals surface area contributed by atoms with E-state index in [2.05, 4.69) is 41.5 Å². The number of aromatic nitrogens is 1. The lowest BCUT2D eigenvalue weighted by molar-refractivity contribution is -0.119. The summed E-state index contributed by atoms with van der Waals surface area (Å²) in [6.45, 7) is 2.11. The summed E-state index contributed by atoms with van der Waals surface area (Å²) in [5.74, 6) is 0.404. The van der Waals surface area contributed by atoms with Crippen molar-refractivity contribution in [1.29, 1.82) is 0 Å². The first-order valence-corrected chi connectivity index (χ1v) is 6.42. The Morgan fingerprint density at radius 1 is 1.33 bits per heavy atom. The molecule has 0 spiro atoms. The fourth-order valence-corrected chi connectivity index (χ4v) is 2.85. The Bertz CT molecular complexity index is 589. The lowest BCUT2D eigenvalue weighted by atomic mass is 9.89. The summed E-state index contributed by atoms with van der Waals surface area (Å²) in [4.78, 5) is 16.1. The molecular weight excluding hydrogens is 224 g/mol. The SMILES string of the molecule is CCC1NC(=O)CC1c1cccc2cccnc12. The smallest absolute Gasteiger partial charge is 0.220 e. The second kappa shape index (κ2) is 4.41. The van der Waals surface area contributed by atoms with Gasteiger partial charge in [0.1, 0.15) is 0 Å². The molecule has 2 atom stereocenters. The van der Waals surface area contributed by atoms with Gasteiger partial charge < -0.3 is 5.32 Å². The molecule has 1 aromatic heterocycles. The molecule has 2 aromatic rings. The number of hydrogen-bond donors (Lipinski definition) is 1. The molecule has 0 saturated carbocycles. The van der Waals surface area contributed by atoms with E-state index in [1.54, 1.807) is 0 Å². The van der Waals surface area contributed by atoms with Crippen LogP contribution in [0.4, 0.5) is 0 Å². The number of amides is 1. The van der Waals surface area contributed by atoms with Gasteiger partial charge in [-0.25, -0.2) is 0 Å². The largest absolute Gasteiger partial charge is 0.353 e. The van der Waals surface area contributed by atoms with E-state index >= 15 is 0 Å². The van der Waals surface area contributed by atoms with E-state index in [0.717, 1.165) is 17.3 Å². The number of carbonyl (C=O) groups is 1. The molecule has 3 nitrogen and oxygen atoms in total. The van der Waals surface area contributed by atoms with Gasteiger partial charge in [-0.3, -0.25) is 9.78 Å². The third-order valence-corrected chi connectivity index (χ3v) is 3.74. The van der Waals surface area contributed by atoms with Crippen LogP contribution in [-0.2, 0) is 4.79 Å². The molecule has 2 heterocycles. The van der Waals surface area contributed by atoms with Crippen LogP contribution < -0.4 is 5.32 Å². The molecule has 1 saturated heterocycles. The van der Waals surface area contributed by atoms with Crippen LogP contribution in [0.25, 0.3) is 10.9 Å². The molecule has 1 aliphatic rings. The van der Waals surface area contributed by atoms with Crippen LogP contribution in [0, 0.1) is 0 Å². The molecule has 2 unspecified atom stereocenters. The highest BCUT2D eigenvalue weighted by atomic mass is 16.2. The minimum absolute atomic E-state index is 0.153. The molecular formula is C15H16N2O. The van der Waals surface area contributed by atoms with Crippen LogP contribution in [-0.4, -0.2) is 16.9 Å². The van der Waals surface area contributed by atoms with Crippen LogP contribution in [0.1, 0.15) is 31.2 Å². The molecule has 1 amide bonds. The van der Waals surface area contributed by atoms with Gasteiger partial charge in [-0.05, 0) is 18.1 Å². The fraction of sp³-hybridized carbons (Fsp3) is 0.333. The number of benzene rings is 1. The minimum atomic E-state index is 0.153. The fourth-order valence-electron chi connectivity index (χ4n) is 2.85. The average molecular weight is 240 g/mol. The van der Waals surface area contributed by atoms with Crippen LogP contribution in [0.2, 0.25) is 0 Å². The number of carbonyl (C=O) groups excluding carboxylic acids is 1. The molecule has 0 aliphatic carbocycles. The van der Waals surface area contributed by atoms with Gasteiger partial charge in [-0.2, -0.15) is 0 Å². The predicted molar refractivity (Wildman–Crippen MR) is 71.3 cm³/mol. The van der Waals surface area contributed by atoms with Gasteiger partial charge in [0, 0.05) is 30.0 Å². The van der Waals surface area contributed by atoms with E-state index in [1.807, 2.05) is 12.3 Å². The Morgan fingerprint density at radius 3 is 3.00 bits per heavy atom. The number of hydrogen-bond acceptors (Lipinski definition) is 2. The molecule has 0 radical (unpaired) electrons. The van der Waals surface area contributed by atoms with Crippen molar-refractivity contribution < 1.29 is 4.79 Å². The Morgan fingerprint density at radius 2 is 2.17 bits per heavy atom. The molecule has 1 N–H and O–H groups in total. The number of nitrogens with one attached hydrogen (secondary N) is 1. The van der Waals surface area contributed by atoms with Crippen LogP contribution in [0.5, 0.6) is 0 Å². The number of rotatable bonds is 2. The van der Waals surface area contributed by atoms with Gasteiger partial charge in [0.25, 0.3) is 0 Å². The van der Waals surface area contributed by atoms with E-state index in [-0.39, 0.29) is 17.9 Å². The summed E-state index contributed by atoms with van der Waals surface area (Å²) in [5, 5.41) is 4.19. The van der Waals surface area contributed by atoms with Gasteiger partial charge in [-0.15, -0.1) is 0 Å². The van der Waals surface area contributed by atoms with Crippen molar-refractivity contribution in [3.63, 3.8) is 0 Å². The molecule has 0 bridgehead atoms. The number of pyridine rings is 1. The monoisotopic (exact) mass is 240 g/mol. The second-order valence-electron chi connectivity index (χ2n) is 4.82. The van der Waals surface area contributed by atoms with Crippen LogP contribution in [0.15, 0.2) is 36.5 Å². The maximum atomic E-state index is 11.6. The summed E-state index contributed by atoms with van der Waals surface area (Å²) in [7, 11) is 0. The summed E-state index contributed by atoms with van der Waals surface area (Å²) in [6, 6.07) is 10.5. The maximum absolute atomic E-state index is 11.6. The van der Waals surface area contributed by atoms with Gasteiger partial charge in [0.2, 0.25) is 5.91 Å². The Labute approximate surface area is 106 Å². The summed E-state index contributed by atoms with van der Waals surface area (Å²) in [5.41, 5.74) is 2.22. The first-order chi connectivity index (χ1) is 8.79. The zero-order chi connectivity index (χ0) is 12.5. The highest BCUT2D eigenvalue weighted by Crippen LogP contribution is 2.33. The average Bonchev–Trinajstić information content (AvgIpc) is 2.79. The summed E-state index contributed by atoms with van der Waals surface area (Å²) < 4.78 is 0. The molecule has 1 aromatic carbocycles. The molecule has 1 fully saturated rings. The molecule has 18 heavy (non-hydrogen) atoms. The first kappa shape index (κ1) is 11.2. The van der Waals surface area contributed by atoms with Gasteiger partial charge in [0.15, 0.2) is 0 Å². The van der Waals surface area contributed by atoms with Crippen molar-refractivity contribution in [3.05, 3.63) is 42.1 Å². The van der Waals surface area contributed by atoms with Gasteiger partial charge in [0.05, 0.1) is 5.52 Å². The molecule has 92 valence electrons. The Kier molecular flexibility index (Phi) is 2.74. The van der Waals surface area contributed by atoms with E-state index in [1.165, 1.54) is 5.56 Å². The summed E-state index contributed by atoms with van der Waals surface area (Å²) >= 11 is 0. The zero-order valence-corrected chi connectivity index (χ0v) is 10.4. The van der Waals surface area contributed by atoms with E-state index in [0.29, 0.717) is 6.42 Å². The first-order valence-electron chi connectivity index (χ1n) is 6.42. The van der Waals surface area contributed by atoms with Gasteiger partial charge in [-0.1, -0.05) is 31.2 Å². The topological polar surface area (TPSA) is 42.0 Å². The summed E-state index contributed by atoms with van der Waals surface area (Å²) in [6.07, 6.45) is 3.35. The number of nitrogens with zero attached hydrogens (tertiary/aromatic N) is 1. The lowest BCUT2D eigenvalue weighted by Crippen LogP contribution is -2.27. The third kappa shape index (κ3) is 1.76. The molecule has 1 aliphatic heterocycles. The van der Waals surface area contributed by atoms with Crippen molar-refractivity contribution in [1.82, 2.24) is 10.3 Å². The Hall–Kier alpha value is -1.90. The number of para-hydroxylation sites is 1. The van der Waals surface area contributed by atoms with E-state index < -0.39 is 0 Å². The van der Waals surface area contributed by atoms with Crippen molar-refractivity contribution in [2.24, 2.45) is 0 Å². The number of fused-ring (bicyclic) bond motifs is 1. The van der Waals surface area contributed by atoms with Crippen LogP contribution >= 0.6 is 0 Å². The predicted octanol–water partition coefficient (Wildman–Crippen LogP) is 2.62. The zero-order valence-electron chi connectivity index (χ0n) is 10.4. The lowest BCUT2D eigenvalue weighted by Gasteiger charge is -2.18. The van der Waals surface area contributed by atoms with Crippen LogP contribution in [0.3, 0.4) is 0 Å².